The summed E-state index contributed by atoms with van der Waals surface area (Å²) in [6, 6.07) is 13.7. The molecule has 0 aliphatic heterocycles. The van der Waals surface area contributed by atoms with E-state index in [4.69, 9.17) is 16.1 Å². The molecule has 0 aliphatic carbocycles. The fourth-order valence-corrected chi connectivity index (χ4v) is 6.10. The Bertz CT molecular complexity index is 1450. The van der Waals surface area contributed by atoms with E-state index >= 15 is 0 Å². The minimum Gasteiger partial charge on any atom is -0.350 e. The Morgan fingerprint density at radius 2 is 2.06 bits per heavy atom. The van der Waals surface area contributed by atoms with Crippen LogP contribution in [0.4, 0.5) is 0 Å². The molecule has 2 heterocycles. The van der Waals surface area contributed by atoms with Crippen LogP contribution >= 0.6 is 19.0 Å². The smallest absolute Gasteiger partial charge is 0.268 e. The number of hydrogen-bond donors (Lipinski definition) is 2. The summed E-state index contributed by atoms with van der Waals surface area (Å²) in [6.45, 7) is 2.00. The van der Waals surface area contributed by atoms with Gasteiger partial charge in [0.25, 0.3) is 13.3 Å². The molecular formula is C23H19ClN5O3P. The van der Waals surface area contributed by atoms with Crippen molar-refractivity contribution in [3.8, 4) is 6.07 Å². The van der Waals surface area contributed by atoms with Crippen LogP contribution in [0.1, 0.15) is 27.2 Å². The molecule has 0 fully saturated rings. The summed E-state index contributed by atoms with van der Waals surface area (Å²) in [5, 5.41) is 21.2. The van der Waals surface area contributed by atoms with Gasteiger partial charge in [0.1, 0.15) is 5.69 Å². The highest BCUT2D eigenvalue weighted by atomic mass is 35.5. The summed E-state index contributed by atoms with van der Waals surface area (Å²) in [7, 11) is -2.48. The highest BCUT2D eigenvalue weighted by Gasteiger charge is 2.36. The Hall–Kier alpha value is -3.50. The first-order valence-corrected chi connectivity index (χ1v) is 11.9. The molecule has 10 heteroatoms. The van der Waals surface area contributed by atoms with Crippen molar-refractivity contribution in [1.82, 2.24) is 20.5 Å². The lowest BCUT2D eigenvalue weighted by Gasteiger charge is -2.19. The van der Waals surface area contributed by atoms with Gasteiger partial charge < -0.3 is 14.8 Å². The van der Waals surface area contributed by atoms with Gasteiger partial charge in [-0.1, -0.05) is 11.6 Å². The molecule has 33 heavy (non-hydrogen) atoms. The van der Waals surface area contributed by atoms with Crippen LogP contribution in [0.25, 0.3) is 10.9 Å². The summed E-state index contributed by atoms with van der Waals surface area (Å²) in [5.74, 6) is -0.473. The monoisotopic (exact) mass is 479 g/mol. The average Bonchev–Trinajstić information content (AvgIpc) is 3.21. The normalized spacial score (nSPS) is 12.8. The molecule has 1 atom stereocenters. The number of H-pyrrole nitrogens is 1. The van der Waals surface area contributed by atoms with E-state index in [1.807, 2.05) is 0 Å². The van der Waals surface area contributed by atoms with E-state index in [0.717, 1.165) is 11.1 Å². The summed E-state index contributed by atoms with van der Waals surface area (Å²) in [6.07, 6.45) is 3.07. The zero-order valence-corrected chi connectivity index (χ0v) is 19.4. The molecule has 0 aliphatic rings. The fourth-order valence-electron chi connectivity index (χ4n) is 3.64. The number of halogens is 1. The van der Waals surface area contributed by atoms with Crippen molar-refractivity contribution in [2.75, 3.05) is 7.11 Å². The van der Waals surface area contributed by atoms with Crippen molar-refractivity contribution < 1.29 is 13.9 Å². The van der Waals surface area contributed by atoms with Gasteiger partial charge in [-0.15, -0.1) is 0 Å². The summed E-state index contributed by atoms with van der Waals surface area (Å²) in [4.78, 5) is 16.3. The molecule has 166 valence electrons. The third-order valence-corrected chi connectivity index (χ3v) is 7.88. The third-order valence-electron chi connectivity index (χ3n) is 5.14. The van der Waals surface area contributed by atoms with Gasteiger partial charge in [-0.3, -0.25) is 9.36 Å². The molecule has 0 spiro atoms. The van der Waals surface area contributed by atoms with Gasteiger partial charge in [-0.05, 0) is 60.5 Å². The van der Waals surface area contributed by atoms with E-state index < -0.39 is 13.3 Å². The number of carbonyl (C=O) groups excluding carboxylic acids is 1. The van der Waals surface area contributed by atoms with Crippen LogP contribution in [-0.2, 0) is 15.6 Å². The summed E-state index contributed by atoms with van der Waals surface area (Å²) < 4.78 is 20.0. The molecule has 2 aromatic heterocycles. The summed E-state index contributed by atoms with van der Waals surface area (Å²) in [5.41, 5.74) is 2.52. The summed E-state index contributed by atoms with van der Waals surface area (Å²) >= 11 is 6.23. The SMILES string of the molecule is COP(=O)(c1cc(C)cc(C#N)c1)c1c(C(=O)NCc2ccnnc2)[nH]c2ccc(Cl)cc12. The number of aromatic nitrogens is 3. The first-order chi connectivity index (χ1) is 15.9. The second kappa shape index (κ2) is 9.16. The van der Waals surface area contributed by atoms with Gasteiger partial charge in [0, 0.05) is 41.1 Å². The zero-order valence-electron chi connectivity index (χ0n) is 17.8. The topological polar surface area (TPSA) is 121 Å². The van der Waals surface area contributed by atoms with Crippen LogP contribution in [0.2, 0.25) is 5.02 Å². The Morgan fingerprint density at radius 1 is 1.24 bits per heavy atom. The maximum Gasteiger partial charge on any atom is 0.268 e. The minimum atomic E-state index is -3.80. The van der Waals surface area contributed by atoms with Gasteiger partial charge in [0.2, 0.25) is 0 Å². The first kappa shape index (κ1) is 22.7. The lowest BCUT2D eigenvalue weighted by molar-refractivity contribution is 0.0947. The van der Waals surface area contributed by atoms with Crippen molar-refractivity contribution in [2.45, 2.75) is 13.5 Å². The predicted molar refractivity (Wildman–Crippen MR) is 126 cm³/mol. The number of nitrogens with one attached hydrogen (secondary N) is 2. The van der Waals surface area contributed by atoms with Crippen molar-refractivity contribution in [3.63, 3.8) is 0 Å². The van der Waals surface area contributed by atoms with Crippen molar-refractivity contribution >= 4 is 46.4 Å². The largest absolute Gasteiger partial charge is 0.350 e. The van der Waals surface area contributed by atoms with E-state index in [-0.39, 0.29) is 17.5 Å². The number of carbonyl (C=O) groups is 1. The number of benzene rings is 2. The van der Waals surface area contributed by atoms with E-state index in [0.29, 0.717) is 26.8 Å². The molecule has 0 bridgehead atoms. The molecule has 1 unspecified atom stereocenters. The Morgan fingerprint density at radius 3 is 2.76 bits per heavy atom. The number of hydrogen-bond acceptors (Lipinski definition) is 6. The standard InChI is InChI=1S/C23H19ClN5O3P/c1-14-7-16(11-25)9-18(8-14)33(31,32-2)22-19-10-17(24)3-4-20(19)29-21(22)23(30)26-12-15-5-6-27-28-13-15/h3-10,13,29H,12H2,1-2H3,(H,26,30). The van der Waals surface area contributed by atoms with Crippen LogP contribution in [0.5, 0.6) is 0 Å². The number of amides is 1. The second-order valence-electron chi connectivity index (χ2n) is 7.37. The van der Waals surface area contributed by atoms with Crippen molar-refractivity contribution in [1.29, 1.82) is 5.26 Å². The molecule has 0 saturated heterocycles. The van der Waals surface area contributed by atoms with E-state index in [9.17, 15) is 14.6 Å². The van der Waals surface area contributed by atoms with Crippen LogP contribution in [0, 0.1) is 18.3 Å². The minimum absolute atomic E-state index is 0.0967. The van der Waals surface area contributed by atoms with Crippen molar-refractivity contribution in [2.24, 2.45) is 0 Å². The number of nitrogens with zero attached hydrogens (tertiary/aromatic N) is 3. The maximum absolute atomic E-state index is 14.4. The maximum atomic E-state index is 14.4. The van der Waals surface area contributed by atoms with Crippen LogP contribution in [-0.4, -0.2) is 28.2 Å². The average molecular weight is 480 g/mol. The van der Waals surface area contributed by atoms with Crippen LogP contribution < -0.4 is 15.9 Å². The van der Waals surface area contributed by atoms with Gasteiger partial charge in [0.15, 0.2) is 0 Å². The molecule has 2 N–H and O–H groups in total. The first-order valence-electron chi connectivity index (χ1n) is 9.89. The number of rotatable bonds is 6. The lowest BCUT2D eigenvalue weighted by atomic mass is 10.2. The van der Waals surface area contributed by atoms with Gasteiger partial charge in [-0.2, -0.15) is 15.5 Å². The Labute approximate surface area is 195 Å². The highest BCUT2D eigenvalue weighted by Crippen LogP contribution is 2.47. The molecule has 0 saturated carbocycles. The zero-order chi connectivity index (χ0) is 23.6. The second-order valence-corrected chi connectivity index (χ2v) is 10.2. The number of aryl methyl sites for hydroxylation is 1. The number of nitriles is 1. The quantitative estimate of drug-likeness (QED) is 0.408. The Balaban J connectivity index is 1.88. The number of fused-ring (bicyclic) bond motifs is 1. The van der Waals surface area contributed by atoms with Crippen LogP contribution in [0.15, 0.2) is 54.9 Å². The van der Waals surface area contributed by atoms with Crippen molar-refractivity contribution in [3.05, 3.63) is 82.3 Å². The Kier molecular flexibility index (Phi) is 6.30. The number of aromatic amines is 1. The van der Waals surface area contributed by atoms with Crippen LogP contribution in [0.3, 0.4) is 0 Å². The van der Waals surface area contributed by atoms with E-state index in [1.165, 1.54) is 19.4 Å². The van der Waals surface area contributed by atoms with Gasteiger partial charge in [-0.25, -0.2) is 0 Å². The van der Waals surface area contributed by atoms with Gasteiger partial charge in [0.05, 0.1) is 23.1 Å². The molecule has 0 radical (unpaired) electrons. The van der Waals surface area contributed by atoms with E-state index in [2.05, 4.69) is 26.6 Å². The predicted octanol–water partition coefficient (Wildman–Crippen LogP) is 3.60. The molecule has 4 rings (SSSR count). The molecule has 4 aromatic rings. The van der Waals surface area contributed by atoms with Gasteiger partial charge >= 0.3 is 0 Å². The highest BCUT2D eigenvalue weighted by molar-refractivity contribution is 7.75. The molecular weight excluding hydrogens is 461 g/mol. The molecule has 8 nitrogen and oxygen atoms in total. The molecule has 1 amide bonds. The lowest BCUT2D eigenvalue weighted by Crippen LogP contribution is -2.30. The fraction of sp³-hybridized carbons (Fsp3) is 0.130. The third kappa shape index (κ3) is 4.39. The molecule has 2 aromatic carbocycles. The van der Waals surface area contributed by atoms with E-state index in [1.54, 1.807) is 49.5 Å².